The van der Waals surface area contributed by atoms with Gasteiger partial charge in [-0.2, -0.15) is 13.5 Å². The number of carboxylic acid groups (broad SMARTS) is 1. The smallest absolute Gasteiger partial charge is 0.339 e. The van der Waals surface area contributed by atoms with Crippen molar-refractivity contribution in [1.29, 1.82) is 0 Å². The Labute approximate surface area is 193 Å². The molecule has 3 rings (SSSR count). The molecule has 1 heterocycles. The van der Waals surface area contributed by atoms with Gasteiger partial charge in [-0.25, -0.2) is 0 Å². The highest BCUT2D eigenvalue weighted by molar-refractivity contribution is 8.15. The van der Waals surface area contributed by atoms with E-state index >= 15 is 0 Å². The Morgan fingerprint density at radius 2 is 1.85 bits per heavy atom. The van der Waals surface area contributed by atoms with Crippen molar-refractivity contribution in [2.75, 3.05) is 5.32 Å². The molecule has 1 fully saturated rings. The van der Waals surface area contributed by atoms with Gasteiger partial charge < -0.3 is 19.9 Å². The van der Waals surface area contributed by atoms with Crippen molar-refractivity contribution in [3.63, 3.8) is 0 Å². The highest BCUT2D eigenvalue weighted by Gasteiger charge is 2.32. The Morgan fingerprint density at radius 1 is 1.18 bits per heavy atom. The van der Waals surface area contributed by atoms with E-state index in [4.69, 9.17) is 9.29 Å². The molecular formula is C20H18N4O7S2. The molecule has 0 unspecified atom stereocenters. The Kier molecular flexibility index (Phi) is 7.45. The quantitative estimate of drug-likeness (QED) is 0.286. The number of amidine groups is 1. The van der Waals surface area contributed by atoms with E-state index in [0.29, 0.717) is 11.3 Å². The van der Waals surface area contributed by atoms with E-state index < -0.39 is 27.2 Å². The SMILES string of the molecule is CC(=O)Nc1ccc(S(=O)(=O)Oc2ccc(/C=N\N=C3/NC(=O)[C@H](CC(=O)O)S3)cc2)cc1. The van der Waals surface area contributed by atoms with Gasteiger partial charge in [-0.05, 0) is 54.1 Å². The average molecular weight is 491 g/mol. The largest absolute Gasteiger partial charge is 0.481 e. The minimum absolute atomic E-state index is 0.0737. The lowest BCUT2D eigenvalue weighted by atomic mass is 10.2. The van der Waals surface area contributed by atoms with E-state index in [1.54, 1.807) is 12.1 Å². The van der Waals surface area contributed by atoms with Crippen molar-refractivity contribution in [3.8, 4) is 5.75 Å². The molecule has 0 radical (unpaired) electrons. The van der Waals surface area contributed by atoms with Crippen molar-refractivity contribution in [2.45, 2.75) is 23.5 Å². The van der Waals surface area contributed by atoms with Crippen LogP contribution in [-0.4, -0.2) is 47.9 Å². The number of thioether (sulfide) groups is 1. The molecule has 172 valence electrons. The molecule has 1 aliphatic heterocycles. The van der Waals surface area contributed by atoms with Gasteiger partial charge in [0.05, 0.1) is 12.6 Å². The molecule has 3 N–H and O–H groups in total. The normalized spacial score (nSPS) is 17.2. The molecule has 0 saturated carbocycles. The van der Waals surface area contributed by atoms with E-state index in [1.807, 2.05) is 0 Å². The van der Waals surface area contributed by atoms with Crippen molar-refractivity contribution >= 4 is 56.7 Å². The number of carbonyl (C=O) groups excluding carboxylic acids is 2. The maximum Gasteiger partial charge on any atom is 0.339 e. The number of nitrogens with one attached hydrogen (secondary N) is 2. The summed E-state index contributed by atoms with van der Waals surface area (Å²) in [5, 5.41) is 20.9. The molecule has 13 heteroatoms. The van der Waals surface area contributed by atoms with Crippen LogP contribution in [0.3, 0.4) is 0 Å². The fourth-order valence-electron chi connectivity index (χ4n) is 2.59. The van der Waals surface area contributed by atoms with Gasteiger partial charge in [0.15, 0.2) is 5.17 Å². The number of benzene rings is 2. The van der Waals surface area contributed by atoms with Gasteiger partial charge in [0, 0.05) is 12.6 Å². The van der Waals surface area contributed by atoms with Crippen LogP contribution in [0.1, 0.15) is 18.9 Å². The highest BCUT2D eigenvalue weighted by atomic mass is 32.2. The number of carboxylic acids is 1. The van der Waals surface area contributed by atoms with Crippen LogP contribution in [0.4, 0.5) is 5.69 Å². The summed E-state index contributed by atoms with van der Waals surface area (Å²) in [7, 11) is -4.07. The summed E-state index contributed by atoms with van der Waals surface area (Å²) in [5.74, 6) is -1.71. The van der Waals surface area contributed by atoms with E-state index in [2.05, 4.69) is 20.8 Å². The van der Waals surface area contributed by atoms with Crippen LogP contribution in [0.25, 0.3) is 0 Å². The van der Waals surface area contributed by atoms with E-state index in [-0.39, 0.29) is 28.1 Å². The summed E-state index contributed by atoms with van der Waals surface area (Å²) >= 11 is 0.980. The van der Waals surface area contributed by atoms with Crippen molar-refractivity contribution in [2.24, 2.45) is 10.2 Å². The molecule has 1 aliphatic rings. The van der Waals surface area contributed by atoms with Crippen LogP contribution < -0.4 is 14.8 Å². The fourth-order valence-corrected chi connectivity index (χ4v) is 4.43. The summed E-state index contributed by atoms with van der Waals surface area (Å²) in [6.07, 6.45) is 1.06. The predicted octanol–water partition coefficient (Wildman–Crippen LogP) is 1.81. The molecule has 2 aromatic carbocycles. The summed E-state index contributed by atoms with van der Waals surface area (Å²) in [6.45, 7) is 1.35. The second kappa shape index (κ2) is 10.3. The van der Waals surface area contributed by atoms with Crippen LogP contribution in [0.15, 0.2) is 63.6 Å². The van der Waals surface area contributed by atoms with Gasteiger partial charge in [-0.3, -0.25) is 14.4 Å². The number of amides is 2. The summed E-state index contributed by atoms with van der Waals surface area (Å²) in [6, 6.07) is 11.5. The van der Waals surface area contributed by atoms with Crippen molar-refractivity contribution in [1.82, 2.24) is 5.32 Å². The maximum absolute atomic E-state index is 12.4. The lowest BCUT2D eigenvalue weighted by molar-refractivity contribution is -0.138. The summed E-state index contributed by atoms with van der Waals surface area (Å²) in [5.41, 5.74) is 1.04. The Hall–Kier alpha value is -3.71. The van der Waals surface area contributed by atoms with Crippen molar-refractivity contribution in [3.05, 3.63) is 54.1 Å². The Morgan fingerprint density at radius 3 is 2.45 bits per heavy atom. The topological polar surface area (TPSA) is 164 Å². The summed E-state index contributed by atoms with van der Waals surface area (Å²) in [4.78, 5) is 33.4. The first kappa shape index (κ1) is 23.9. The van der Waals surface area contributed by atoms with Gasteiger partial charge in [0.1, 0.15) is 15.9 Å². The summed E-state index contributed by atoms with van der Waals surface area (Å²) < 4.78 is 30.0. The molecule has 2 aromatic rings. The van der Waals surface area contributed by atoms with Crippen LogP contribution in [0, 0.1) is 0 Å². The lowest BCUT2D eigenvalue weighted by Gasteiger charge is -2.08. The molecule has 1 atom stereocenters. The van der Waals surface area contributed by atoms with Crippen LogP contribution >= 0.6 is 11.8 Å². The number of hydrogen-bond donors (Lipinski definition) is 3. The van der Waals surface area contributed by atoms with Gasteiger partial charge in [0.25, 0.3) is 0 Å². The number of nitrogens with zero attached hydrogens (tertiary/aromatic N) is 2. The Balaban J connectivity index is 1.60. The van der Waals surface area contributed by atoms with Gasteiger partial charge in [0.2, 0.25) is 11.8 Å². The van der Waals surface area contributed by atoms with Gasteiger partial charge in [-0.1, -0.05) is 11.8 Å². The standard InChI is InChI=1S/C20H18N4O7S2/c1-12(25)22-14-4-8-16(9-5-14)33(29,30)31-15-6-2-13(3-7-15)11-21-24-20-23-19(28)17(32-20)10-18(26)27/h2-9,11,17H,10H2,1H3,(H,22,25)(H,26,27)(H,23,24,28)/b21-11-/t17-/m0/s1. The second-order valence-electron chi connectivity index (χ2n) is 6.66. The molecule has 0 spiro atoms. The predicted molar refractivity (Wildman–Crippen MR) is 122 cm³/mol. The maximum atomic E-state index is 12.4. The van der Waals surface area contributed by atoms with Gasteiger partial charge >= 0.3 is 16.1 Å². The van der Waals surface area contributed by atoms with Crippen LogP contribution in [0.5, 0.6) is 5.75 Å². The molecular weight excluding hydrogens is 472 g/mol. The van der Waals surface area contributed by atoms with Crippen molar-refractivity contribution < 1.29 is 32.1 Å². The first-order valence-electron chi connectivity index (χ1n) is 9.35. The molecule has 2 amide bonds. The third-order valence-electron chi connectivity index (χ3n) is 4.04. The zero-order chi connectivity index (χ0) is 24.0. The second-order valence-corrected chi connectivity index (χ2v) is 9.39. The fraction of sp³-hybridized carbons (Fsp3) is 0.150. The molecule has 0 aromatic heterocycles. The molecule has 0 bridgehead atoms. The van der Waals surface area contributed by atoms with E-state index in [1.165, 1.54) is 49.5 Å². The van der Waals surface area contributed by atoms with Crippen LogP contribution in [-0.2, 0) is 24.5 Å². The van der Waals surface area contributed by atoms with Gasteiger partial charge in [-0.15, -0.1) is 5.10 Å². The lowest BCUT2D eigenvalue weighted by Crippen LogP contribution is -2.26. The number of aliphatic carboxylic acids is 1. The van der Waals surface area contributed by atoms with E-state index in [0.717, 1.165) is 11.8 Å². The molecule has 11 nitrogen and oxygen atoms in total. The first-order chi connectivity index (χ1) is 15.6. The number of rotatable bonds is 8. The zero-order valence-corrected chi connectivity index (χ0v) is 18.7. The average Bonchev–Trinajstić information content (AvgIpc) is 3.07. The highest BCUT2D eigenvalue weighted by Crippen LogP contribution is 2.23. The third-order valence-corrected chi connectivity index (χ3v) is 6.37. The number of carbonyl (C=O) groups is 3. The first-order valence-corrected chi connectivity index (χ1v) is 11.6. The zero-order valence-electron chi connectivity index (χ0n) is 17.1. The van der Waals surface area contributed by atoms with E-state index in [9.17, 15) is 22.8 Å². The van der Waals surface area contributed by atoms with Crippen LogP contribution in [0.2, 0.25) is 0 Å². The Bertz CT molecular complexity index is 1220. The third kappa shape index (κ3) is 6.89. The minimum atomic E-state index is -4.07. The monoisotopic (exact) mass is 490 g/mol. The minimum Gasteiger partial charge on any atom is -0.481 e. The number of hydrogen-bond acceptors (Lipinski definition) is 9. The molecule has 1 saturated heterocycles. The molecule has 0 aliphatic carbocycles. The molecule has 33 heavy (non-hydrogen) atoms. The number of anilines is 1.